The Kier molecular flexibility index (Phi) is 4.61. The van der Waals surface area contributed by atoms with Crippen molar-refractivity contribution in [2.45, 2.75) is 6.04 Å². The molecule has 1 unspecified atom stereocenters. The van der Waals surface area contributed by atoms with Crippen LogP contribution in [0.3, 0.4) is 0 Å². The van der Waals surface area contributed by atoms with Gasteiger partial charge < -0.3 is 14.7 Å². The van der Waals surface area contributed by atoms with Crippen LogP contribution in [0, 0.1) is 0 Å². The SMILES string of the molecule is O=C(c1cccc(Br)c1Cl)N1CCOCC1CO. The molecule has 0 aliphatic carbocycles. The van der Waals surface area contributed by atoms with Gasteiger partial charge >= 0.3 is 0 Å². The van der Waals surface area contributed by atoms with Crippen molar-refractivity contribution in [1.82, 2.24) is 4.90 Å². The second-order valence-corrected chi connectivity index (χ2v) is 5.24. The first-order valence-corrected chi connectivity index (χ1v) is 6.76. The normalized spacial score (nSPS) is 19.9. The summed E-state index contributed by atoms with van der Waals surface area (Å²) in [5.41, 5.74) is 0.436. The van der Waals surface area contributed by atoms with Gasteiger partial charge in [-0.2, -0.15) is 0 Å². The summed E-state index contributed by atoms with van der Waals surface area (Å²) >= 11 is 9.40. The molecule has 98 valence electrons. The first-order valence-electron chi connectivity index (χ1n) is 5.58. The van der Waals surface area contributed by atoms with E-state index in [4.69, 9.17) is 16.3 Å². The van der Waals surface area contributed by atoms with Gasteiger partial charge in [-0.1, -0.05) is 17.7 Å². The maximum atomic E-state index is 12.4. The first-order chi connectivity index (χ1) is 8.65. The molecule has 6 heteroatoms. The molecule has 1 aliphatic heterocycles. The fraction of sp³-hybridized carbons (Fsp3) is 0.417. The number of hydrogen-bond donors (Lipinski definition) is 1. The number of nitrogens with zero attached hydrogens (tertiary/aromatic N) is 1. The summed E-state index contributed by atoms with van der Waals surface area (Å²) in [4.78, 5) is 14.0. The molecule has 1 aromatic rings. The summed E-state index contributed by atoms with van der Waals surface area (Å²) in [7, 11) is 0. The Balaban J connectivity index is 2.27. The van der Waals surface area contributed by atoms with Crippen molar-refractivity contribution in [2.75, 3.05) is 26.4 Å². The highest BCUT2D eigenvalue weighted by Crippen LogP contribution is 2.27. The number of amides is 1. The van der Waals surface area contributed by atoms with E-state index in [0.29, 0.717) is 34.8 Å². The van der Waals surface area contributed by atoms with Crippen molar-refractivity contribution in [3.63, 3.8) is 0 Å². The highest BCUT2D eigenvalue weighted by atomic mass is 79.9. The molecule has 1 heterocycles. The topological polar surface area (TPSA) is 49.8 Å². The van der Waals surface area contributed by atoms with E-state index in [2.05, 4.69) is 15.9 Å². The number of aliphatic hydroxyl groups excluding tert-OH is 1. The van der Waals surface area contributed by atoms with Gasteiger partial charge in [0, 0.05) is 11.0 Å². The molecule has 0 bridgehead atoms. The van der Waals surface area contributed by atoms with Gasteiger partial charge in [0.05, 0.1) is 36.4 Å². The Bertz CT molecular complexity index is 455. The Morgan fingerprint density at radius 3 is 3.11 bits per heavy atom. The minimum atomic E-state index is -0.304. The number of benzene rings is 1. The lowest BCUT2D eigenvalue weighted by Gasteiger charge is -2.34. The fourth-order valence-corrected chi connectivity index (χ4v) is 2.47. The number of halogens is 2. The minimum Gasteiger partial charge on any atom is -0.394 e. The highest BCUT2D eigenvalue weighted by Gasteiger charge is 2.28. The summed E-state index contributed by atoms with van der Waals surface area (Å²) in [5.74, 6) is -0.177. The Morgan fingerprint density at radius 1 is 1.61 bits per heavy atom. The van der Waals surface area contributed by atoms with Crippen LogP contribution < -0.4 is 0 Å². The largest absolute Gasteiger partial charge is 0.394 e. The fourth-order valence-electron chi connectivity index (χ4n) is 1.90. The van der Waals surface area contributed by atoms with Gasteiger partial charge in [0.1, 0.15) is 0 Å². The Labute approximate surface area is 119 Å². The van der Waals surface area contributed by atoms with Crippen LogP contribution in [-0.2, 0) is 4.74 Å². The molecule has 1 atom stereocenters. The van der Waals surface area contributed by atoms with Gasteiger partial charge in [0.2, 0.25) is 0 Å². The van der Waals surface area contributed by atoms with Crippen LogP contribution in [0.15, 0.2) is 22.7 Å². The molecule has 0 aromatic heterocycles. The summed E-state index contributed by atoms with van der Waals surface area (Å²) < 4.78 is 5.93. The second kappa shape index (κ2) is 6.02. The van der Waals surface area contributed by atoms with Crippen molar-refractivity contribution >= 4 is 33.4 Å². The molecule has 1 aromatic carbocycles. The zero-order valence-corrected chi connectivity index (χ0v) is 11.9. The average Bonchev–Trinajstić information content (AvgIpc) is 2.41. The lowest BCUT2D eigenvalue weighted by molar-refractivity contribution is -0.0183. The molecule has 1 N–H and O–H groups in total. The summed E-state index contributed by atoms with van der Waals surface area (Å²) in [5, 5.41) is 9.66. The molecule has 0 spiro atoms. The maximum absolute atomic E-state index is 12.4. The van der Waals surface area contributed by atoms with E-state index in [1.807, 2.05) is 0 Å². The predicted octanol–water partition coefficient (Wildman–Crippen LogP) is 1.94. The van der Waals surface area contributed by atoms with E-state index in [9.17, 15) is 9.90 Å². The van der Waals surface area contributed by atoms with Gasteiger partial charge in [-0.3, -0.25) is 4.79 Å². The zero-order valence-electron chi connectivity index (χ0n) is 9.60. The van der Waals surface area contributed by atoms with Crippen LogP contribution in [0.5, 0.6) is 0 Å². The third-order valence-corrected chi connectivity index (χ3v) is 4.18. The van der Waals surface area contributed by atoms with Gasteiger partial charge in [-0.05, 0) is 28.1 Å². The quantitative estimate of drug-likeness (QED) is 0.899. The minimum absolute atomic E-state index is 0.114. The van der Waals surface area contributed by atoms with Gasteiger partial charge in [-0.25, -0.2) is 0 Å². The predicted molar refractivity (Wildman–Crippen MR) is 71.9 cm³/mol. The maximum Gasteiger partial charge on any atom is 0.255 e. The van der Waals surface area contributed by atoms with Crippen molar-refractivity contribution < 1.29 is 14.6 Å². The number of hydrogen-bond acceptors (Lipinski definition) is 3. The van der Waals surface area contributed by atoms with Gasteiger partial charge in [0.15, 0.2) is 0 Å². The number of rotatable bonds is 2. The number of carbonyl (C=O) groups excluding carboxylic acids is 1. The average molecular weight is 335 g/mol. The standard InChI is InChI=1S/C12H13BrClNO3/c13-10-3-1-2-9(11(10)14)12(17)15-4-5-18-7-8(15)6-16/h1-3,8,16H,4-7H2. The van der Waals surface area contributed by atoms with Crippen LogP contribution in [-0.4, -0.2) is 48.3 Å². The summed E-state index contributed by atoms with van der Waals surface area (Å²) in [6, 6.07) is 4.92. The number of ether oxygens (including phenoxy) is 1. The summed E-state index contributed by atoms with van der Waals surface area (Å²) in [6.07, 6.45) is 0. The number of carbonyl (C=O) groups is 1. The summed E-state index contributed by atoms with van der Waals surface area (Å²) in [6.45, 7) is 1.19. The van der Waals surface area contributed by atoms with E-state index in [1.165, 1.54) is 0 Å². The molecule has 2 rings (SSSR count). The molecule has 4 nitrogen and oxygen atoms in total. The first kappa shape index (κ1) is 13.8. The molecule has 1 amide bonds. The van der Waals surface area contributed by atoms with Crippen LogP contribution in [0.2, 0.25) is 5.02 Å². The third kappa shape index (κ3) is 2.69. The van der Waals surface area contributed by atoms with Crippen molar-refractivity contribution in [3.8, 4) is 0 Å². The van der Waals surface area contributed by atoms with Crippen molar-refractivity contribution in [2.24, 2.45) is 0 Å². The molecule has 0 saturated carbocycles. The van der Waals surface area contributed by atoms with Crippen LogP contribution >= 0.6 is 27.5 Å². The van der Waals surface area contributed by atoms with Gasteiger partial charge in [0.25, 0.3) is 5.91 Å². The highest BCUT2D eigenvalue weighted by molar-refractivity contribution is 9.10. The zero-order chi connectivity index (χ0) is 13.1. The van der Waals surface area contributed by atoms with E-state index in [1.54, 1.807) is 23.1 Å². The lowest BCUT2D eigenvalue weighted by atomic mass is 10.1. The number of aliphatic hydroxyl groups is 1. The molecular weight excluding hydrogens is 321 g/mol. The van der Waals surface area contributed by atoms with Gasteiger partial charge in [-0.15, -0.1) is 0 Å². The molecule has 1 saturated heterocycles. The molecular formula is C12H13BrClNO3. The van der Waals surface area contributed by atoms with E-state index >= 15 is 0 Å². The molecule has 18 heavy (non-hydrogen) atoms. The smallest absolute Gasteiger partial charge is 0.255 e. The van der Waals surface area contributed by atoms with Crippen LogP contribution in [0.25, 0.3) is 0 Å². The Hall–Kier alpha value is -0.620. The number of morpholine rings is 1. The van der Waals surface area contributed by atoms with Crippen molar-refractivity contribution in [1.29, 1.82) is 0 Å². The van der Waals surface area contributed by atoms with Crippen LogP contribution in [0.1, 0.15) is 10.4 Å². The Morgan fingerprint density at radius 2 is 2.39 bits per heavy atom. The monoisotopic (exact) mass is 333 g/mol. The lowest BCUT2D eigenvalue weighted by Crippen LogP contribution is -2.50. The molecule has 0 radical (unpaired) electrons. The third-order valence-electron chi connectivity index (χ3n) is 2.88. The van der Waals surface area contributed by atoms with E-state index in [0.717, 1.165) is 0 Å². The van der Waals surface area contributed by atoms with E-state index in [-0.39, 0.29) is 18.6 Å². The molecule has 1 aliphatic rings. The van der Waals surface area contributed by atoms with Crippen molar-refractivity contribution in [3.05, 3.63) is 33.3 Å². The van der Waals surface area contributed by atoms with E-state index < -0.39 is 0 Å². The van der Waals surface area contributed by atoms with Crippen LogP contribution in [0.4, 0.5) is 0 Å². The second-order valence-electron chi connectivity index (χ2n) is 4.01. The molecule has 1 fully saturated rings.